The quantitative estimate of drug-likeness (QED) is 0.346. The van der Waals surface area contributed by atoms with E-state index in [1.807, 2.05) is 0 Å². The van der Waals surface area contributed by atoms with Crippen molar-refractivity contribution in [3.8, 4) is 5.75 Å². The number of carboxylic acid groups (broad SMARTS) is 1. The molecule has 0 saturated carbocycles. The predicted octanol–water partition coefficient (Wildman–Crippen LogP) is 2.09. The van der Waals surface area contributed by atoms with Gasteiger partial charge in [-0.1, -0.05) is 28.1 Å². The second-order valence-corrected chi connectivity index (χ2v) is 14.5. The summed E-state index contributed by atoms with van der Waals surface area (Å²) in [5.41, 5.74) is -0.650. The van der Waals surface area contributed by atoms with Gasteiger partial charge in [-0.05, 0) is 56.6 Å². The summed E-state index contributed by atoms with van der Waals surface area (Å²) in [5, 5.41) is 20.4. The smallest absolute Gasteiger partial charge is 0.407 e. The van der Waals surface area contributed by atoms with E-state index < -0.39 is 43.9 Å². The van der Waals surface area contributed by atoms with Gasteiger partial charge in [-0.25, -0.2) is 26.4 Å². The molecule has 2 aromatic carbocycles. The van der Waals surface area contributed by atoms with Crippen molar-refractivity contribution in [2.24, 2.45) is 0 Å². The van der Waals surface area contributed by atoms with E-state index in [2.05, 4.69) is 20.7 Å². The number of hydrogen-bond acceptors (Lipinski definition) is 8. The second kappa shape index (κ2) is 12.3. The Balaban J connectivity index is 1.33. The largest absolute Gasteiger partial charge is 0.491 e. The van der Waals surface area contributed by atoms with Gasteiger partial charge in [0.1, 0.15) is 18.5 Å². The maximum absolute atomic E-state index is 13.1. The number of rotatable bonds is 10. The first-order chi connectivity index (χ1) is 18.8. The van der Waals surface area contributed by atoms with Gasteiger partial charge in [0.25, 0.3) is 0 Å². The van der Waals surface area contributed by atoms with Crippen LogP contribution in [0, 0.1) is 0 Å². The highest BCUT2D eigenvalue weighted by Crippen LogP contribution is 2.39. The molecule has 40 heavy (non-hydrogen) atoms. The molecule has 3 N–H and O–H groups in total. The van der Waals surface area contributed by atoms with Crippen LogP contribution in [0.5, 0.6) is 5.75 Å². The Labute approximate surface area is 242 Å². The van der Waals surface area contributed by atoms with Crippen LogP contribution in [-0.2, 0) is 24.8 Å². The Bertz CT molecular complexity index is 1430. The molecule has 2 atom stereocenters. The van der Waals surface area contributed by atoms with Crippen LogP contribution < -0.4 is 9.46 Å². The summed E-state index contributed by atoms with van der Waals surface area (Å²) in [6, 6.07) is 11.7. The number of amides is 1. The zero-order chi connectivity index (χ0) is 29.1. The van der Waals surface area contributed by atoms with Gasteiger partial charge < -0.3 is 24.6 Å². The lowest BCUT2D eigenvalue weighted by molar-refractivity contribution is -0.0319. The minimum absolute atomic E-state index is 0.00181. The average Bonchev–Trinajstić information content (AvgIpc) is 3.33. The third-order valence-corrected chi connectivity index (χ3v) is 11.0. The first-order valence-electron chi connectivity index (χ1n) is 12.6. The van der Waals surface area contributed by atoms with E-state index in [0.717, 1.165) is 4.90 Å². The van der Waals surface area contributed by atoms with Gasteiger partial charge in [-0.15, -0.1) is 0 Å². The normalized spacial score (nSPS) is 20.3. The Morgan fingerprint density at radius 3 is 2.50 bits per heavy atom. The predicted molar refractivity (Wildman–Crippen MR) is 148 cm³/mol. The van der Waals surface area contributed by atoms with E-state index in [1.54, 1.807) is 24.3 Å². The van der Waals surface area contributed by atoms with Crippen LogP contribution in [0.25, 0.3) is 0 Å². The molecule has 12 nitrogen and oxygen atoms in total. The molecule has 1 amide bonds. The Hall–Kier alpha value is -2.27. The molecule has 4 rings (SSSR count). The fourth-order valence-electron chi connectivity index (χ4n) is 4.98. The minimum Gasteiger partial charge on any atom is -0.491 e. The Morgan fingerprint density at radius 1 is 1.18 bits per heavy atom. The van der Waals surface area contributed by atoms with Gasteiger partial charge in [0.05, 0.1) is 34.6 Å². The highest BCUT2D eigenvalue weighted by molar-refractivity contribution is 9.10. The first kappa shape index (κ1) is 30.7. The van der Waals surface area contributed by atoms with Crippen LogP contribution in [0.1, 0.15) is 19.3 Å². The van der Waals surface area contributed by atoms with Crippen molar-refractivity contribution >= 4 is 42.1 Å². The van der Waals surface area contributed by atoms with Gasteiger partial charge in [-0.3, -0.25) is 0 Å². The summed E-state index contributed by atoms with van der Waals surface area (Å²) in [4.78, 5) is 13.4. The monoisotopic (exact) mass is 661 g/mol. The summed E-state index contributed by atoms with van der Waals surface area (Å²) in [5.74, 6) is 0.213. The van der Waals surface area contributed by atoms with Crippen LogP contribution in [0.4, 0.5) is 4.79 Å². The molecular weight excluding hydrogens is 630 g/mol. The van der Waals surface area contributed by atoms with Crippen LogP contribution in [0.2, 0.25) is 0 Å². The number of ether oxygens (including phenoxy) is 2. The van der Waals surface area contributed by atoms with Crippen molar-refractivity contribution in [1.82, 2.24) is 13.9 Å². The molecule has 0 radical (unpaired) electrons. The zero-order valence-corrected chi connectivity index (χ0v) is 25.0. The van der Waals surface area contributed by atoms with E-state index in [1.165, 1.54) is 35.6 Å². The lowest BCUT2D eigenvalue weighted by Crippen LogP contribution is -2.48. The number of carbonyl (C=O) groups is 1. The summed E-state index contributed by atoms with van der Waals surface area (Å²) in [7, 11) is -6.05. The zero-order valence-electron chi connectivity index (χ0n) is 21.8. The number of nitrogens with one attached hydrogen (secondary N) is 1. The number of aliphatic hydroxyl groups is 1. The van der Waals surface area contributed by atoms with Crippen molar-refractivity contribution in [3.05, 3.63) is 53.0 Å². The molecule has 1 unspecified atom stereocenters. The number of sulfonamides is 2. The van der Waals surface area contributed by atoms with Crippen molar-refractivity contribution in [1.29, 1.82) is 0 Å². The number of aliphatic hydroxyl groups excluding tert-OH is 1. The standard InChI is InChI=1S/C25H32BrN3O9S2/c1-27-39(33,34)22-6-3-5-21(13-22)37-17-20(30)15-29(24(31)32)19-14-25(38-16-19)8-10-28(11-9-25)40(35,36)23-7-2-4-18(26)12-23/h2-7,12-13,19-20,27,30H,8-11,14-17H2,1H3,(H,31,32)/t19?,20-/m0/s1. The fraction of sp³-hybridized carbons (Fsp3) is 0.480. The third kappa shape index (κ3) is 6.95. The van der Waals surface area contributed by atoms with Gasteiger partial charge in [0, 0.05) is 23.6 Å². The lowest BCUT2D eigenvalue weighted by atomic mass is 9.88. The van der Waals surface area contributed by atoms with E-state index in [-0.39, 0.29) is 48.4 Å². The second-order valence-electron chi connectivity index (χ2n) is 9.80. The number of nitrogens with zero attached hydrogens (tertiary/aromatic N) is 2. The number of halogens is 1. The van der Waals surface area contributed by atoms with Crippen LogP contribution >= 0.6 is 15.9 Å². The number of piperidine rings is 1. The SMILES string of the molecule is CNS(=O)(=O)c1cccc(OC[C@@H](O)CN(C(=O)O)C2COC3(CCN(S(=O)(=O)c4cccc(Br)c4)CC3)C2)c1. The van der Waals surface area contributed by atoms with Crippen LogP contribution in [0.3, 0.4) is 0 Å². The minimum atomic E-state index is -3.67. The molecule has 2 saturated heterocycles. The van der Waals surface area contributed by atoms with E-state index >= 15 is 0 Å². The van der Waals surface area contributed by atoms with E-state index in [9.17, 15) is 31.8 Å². The molecule has 1 spiro atoms. The molecule has 0 bridgehead atoms. The maximum atomic E-state index is 13.1. The molecule has 2 aromatic rings. The van der Waals surface area contributed by atoms with Crippen molar-refractivity contribution < 1.29 is 41.3 Å². The molecule has 2 aliphatic heterocycles. The Kier molecular flexibility index (Phi) is 9.44. The third-order valence-electron chi connectivity index (χ3n) is 7.18. The highest BCUT2D eigenvalue weighted by Gasteiger charge is 2.47. The molecule has 2 aliphatic rings. The molecule has 0 aliphatic carbocycles. The van der Waals surface area contributed by atoms with Gasteiger partial charge in [-0.2, -0.15) is 4.31 Å². The molecular formula is C25H32BrN3O9S2. The van der Waals surface area contributed by atoms with Gasteiger partial charge >= 0.3 is 6.09 Å². The van der Waals surface area contributed by atoms with E-state index in [4.69, 9.17) is 9.47 Å². The molecule has 2 heterocycles. The van der Waals surface area contributed by atoms with Gasteiger partial charge in [0.15, 0.2) is 0 Å². The van der Waals surface area contributed by atoms with Crippen LogP contribution in [0.15, 0.2) is 62.8 Å². The summed E-state index contributed by atoms with van der Waals surface area (Å²) >= 11 is 3.30. The topological polar surface area (TPSA) is 163 Å². The van der Waals surface area contributed by atoms with Crippen molar-refractivity contribution in [3.63, 3.8) is 0 Å². The first-order valence-corrected chi connectivity index (χ1v) is 16.3. The molecule has 2 fully saturated rings. The van der Waals surface area contributed by atoms with Gasteiger partial charge in [0.2, 0.25) is 20.0 Å². The number of benzene rings is 2. The Morgan fingerprint density at radius 2 is 1.85 bits per heavy atom. The van der Waals surface area contributed by atoms with E-state index in [0.29, 0.717) is 23.7 Å². The molecule has 220 valence electrons. The highest BCUT2D eigenvalue weighted by atomic mass is 79.9. The van der Waals surface area contributed by atoms with Crippen LogP contribution in [-0.4, -0.2) is 100.0 Å². The maximum Gasteiger partial charge on any atom is 0.407 e. The summed E-state index contributed by atoms with van der Waals surface area (Å²) < 4.78 is 66.0. The van der Waals surface area contributed by atoms with Crippen molar-refractivity contribution in [2.75, 3.05) is 39.9 Å². The summed E-state index contributed by atoms with van der Waals surface area (Å²) in [6.45, 7) is 0.119. The lowest BCUT2D eigenvalue weighted by Gasteiger charge is -2.38. The van der Waals surface area contributed by atoms with Crippen molar-refractivity contribution in [2.45, 2.75) is 46.8 Å². The fourth-order valence-corrected chi connectivity index (χ4v) is 7.79. The average molecular weight is 663 g/mol. The molecule has 0 aromatic heterocycles. The number of hydrogen-bond donors (Lipinski definition) is 3. The molecule has 15 heteroatoms. The summed E-state index contributed by atoms with van der Waals surface area (Å²) in [6.07, 6.45) is -1.19.